The molecule has 0 spiro atoms. The summed E-state index contributed by atoms with van der Waals surface area (Å²) in [6.07, 6.45) is 0. The summed E-state index contributed by atoms with van der Waals surface area (Å²) in [7, 11) is 0. The number of ether oxygens (including phenoxy) is 1. The number of esters is 1. The van der Waals surface area contributed by atoms with Crippen molar-refractivity contribution in [2.24, 2.45) is 0 Å². The van der Waals surface area contributed by atoms with Crippen LogP contribution in [-0.4, -0.2) is 23.6 Å². The second kappa shape index (κ2) is 4.45. The van der Waals surface area contributed by atoms with Gasteiger partial charge in [0.05, 0.1) is 6.61 Å². The number of hydrogen-bond acceptors (Lipinski definition) is 6. The highest BCUT2D eigenvalue weighted by molar-refractivity contribution is 6.37. The van der Waals surface area contributed by atoms with Crippen LogP contribution in [0.4, 0.5) is 11.6 Å². The van der Waals surface area contributed by atoms with Gasteiger partial charge in [0.25, 0.3) is 0 Å². The topological polar surface area (TPSA) is 107 Å². The number of carbonyl (C=O) groups excluding carboxylic acids is 2. The van der Waals surface area contributed by atoms with E-state index in [4.69, 9.17) is 5.73 Å². The molecule has 1 aromatic heterocycles. The van der Waals surface area contributed by atoms with Crippen molar-refractivity contribution in [1.82, 2.24) is 5.16 Å². The highest BCUT2D eigenvalue weighted by atomic mass is 16.5. The predicted octanol–water partition coefficient (Wildman–Crippen LogP) is 0.0668. The molecule has 1 rings (SSSR count). The number of nitrogens with zero attached hydrogens (tertiary/aromatic N) is 1. The predicted molar refractivity (Wildman–Crippen MR) is 50.9 cm³/mol. The largest absolute Gasteiger partial charge is 0.459 e. The van der Waals surface area contributed by atoms with E-state index in [2.05, 4.69) is 19.7 Å². The van der Waals surface area contributed by atoms with Crippen LogP contribution in [0.25, 0.3) is 0 Å². The zero-order chi connectivity index (χ0) is 11.4. The molecule has 0 aliphatic rings. The second-order valence-electron chi connectivity index (χ2n) is 2.68. The van der Waals surface area contributed by atoms with Gasteiger partial charge in [-0.05, 0) is 13.8 Å². The average molecular weight is 213 g/mol. The lowest BCUT2D eigenvalue weighted by molar-refractivity contribution is -0.152. The molecule has 1 aromatic rings. The van der Waals surface area contributed by atoms with Gasteiger partial charge in [0.1, 0.15) is 11.4 Å². The van der Waals surface area contributed by atoms with Crippen molar-refractivity contribution in [3.05, 3.63) is 5.69 Å². The van der Waals surface area contributed by atoms with Gasteiger partial charge >= 0.3 is 11.9 Å². The van der Waals surface area contributed by atoms with E-state index < -0.39 is 11.9 Å². The van der Waals surface area contributed by atoms with Crippen LogP contribution in [0.15, 0.2) is 4.52 Å². The Labute approximate surface area is 85.5 Å². The molecule has 0 bridgehead atoms. The maximum atomic E-state index is 11.2. The normalized spacial score (nSPS) is 9.73. The number of hydrogen-bond donors (Lipinski definition) is 2. The van der Waals surface area contributed by atoms with Crippen molar-refractivity contribution in [3.63, 3.8) is 0 Å². The lowest BCUT2D eigenvalue weighted by Gasteiger charge is -2.02. The number of carbonyl (C=O) groups is 2. The monoisotopic (exact) mass is 213 g/mol. The smallest absolute Gasteiger partial charge is 0.397 e. The highest BCUT2D eigenvalue weighted by Crippen LogP contribution is 2.21. The molecule has 82 valence electrons. The van der Waals surface area contributed by atoms with E-state index in [1.807, 2.05) is 0 Å². The number of rotatable bonds is 2. The first-order valence-electron chi connectivity index (χ1n) is 4.26. The first kappa shape index (κ1) is 11.0. The molecule has 0 fully saturated rings. The van der Waals surface area contributed by atoms with Crippen LogP contribution in [0, 0.1) is 6.92 Å². The quantitative estimate of drug-likeness (QED) is 0.531. The third-order valence-electron chi connectivity index (χ3n) is 1.59. The minimum atomic E-state index is -0.975. The Balaban J connectivity index is 2.70. The van der Waals surface area contributed by atoms with Gasteiger partial charge in [-0.3, -0.25) is 4.79 Å². The first-order chi connectivity index (χ1) is 7.06. The lowest BCUT2D eigenvalue weighted by atomic mass is 10.3. The number of nitrogens with two attached hydrogens (primary N) is 1. The zero-order valence-electron chi connectivity index (χ0n) is 8.36. The minimum Gasteiger partial charge on any atom is -0.459 e. The molecule has 1 amide bonds. The summed E-state index contributed by atoms with van der Waals surface area (Å²) in [5.41, 5.74) is 5.95. The summed E-state index contributed by atoms with van der Waals surface area (Å²) in [6, 6.07) is 0. The van der Waals surface area contributed by atoms with Gasteiger partial charge in [0.15, 0.2) is 0 Å². The number of nitrogen functional groups attached to an aromatic ring is 1. The third kappa shape index (κ3) is 2.46. The molecule has 0 saturated carbocycles. The Bertz CT molecular complexity index is 366. The van der Waals surface area contributed by atoms with E-state index in [-0.39, 0.29) is 18.2 Å². The summed E-state index contributed by atoms with van der Waals surface area (Å²) in [5.74, 6) is -1.93. The van der Waals surface area contributed by atoms with Crippen molar-refractivity contribution in [3.8, 4) is 0 Å². The van der Waals surface area contributed by atoms with Gasteiger partial charge in [0.2, 0.25) is 5.88 Å². The van der Waals surface area contributed by atoms with Crippen LogP contribution in [-0.2, 0) is 14.3 Å². The van der Waals surface area contributed by atoms with Crippen molar-refractivity contribution >= 4 is 23.4 Å². The number of amides is 1. The molecular formula is C8H11N3O4. The van der Waals surface area contributed by atoms with E-state index in [1.54, 1.807) is 13.8 Å². The molecule has 0 aromatic carbocycles. The average Bonchev–Trinajstić information content (AvgIpc) is 2.49. The zero-order valence-corrected chi connectivity index (χ0v) is 8.36. The number of nitrogens with one attached hydrogen (secondary N) is 1. The summed E-state index contributed by atoms with van der Waals surface area (Å²) in [5, 5.41) is 5.76. The van der Waals surface area contributed by atoms with E-state index in [1.165, 1.54) is 0 Å². The van der Waals surface area contributed by atoms with Crippen LogP contribution in [0.2, 0.25) is 0 Å². The minimum absolute atomic E-state index is 0.0508. The Kier molecular flexibility index (Phi) is 3.27. The third-order valence-corrected chi connectivity index (χ3v) is 1.59. The molecular weight excluding hydrogens is 202 g/mol. The highest BCUT2D eigenvalue weighted by Gasteiger charge is 2.19. The van der Waals surface area contributed by atoms with Crippen LogP contribution >= 0.6 is 0 Å². The molecule has 7 nitrogen and oxygen atoms in total. The van der Waals surface area contributed by atoms with E-state index in [9.17, 15) is 9.59 Å². The number of aryl methyl sites for hydroxylation is 1. The molecule has 0 atom stereocenters. The summed E-state index contributed by atoms with van der Waals surface area (Å²) in [6.45, 7) is 3.31. The standard InChI is InChI=1S/C8H11N3O4/c1-3-14-8(13)7(12)10-5-4(2)11-15-6(5)9/h3,9H2,1-2H3,(H,10,12). The van der Waals surface area contributed by atoms with Crippen molar-refractivity contribution in [2.75, 3.05) is 17.7 Å². The van der Waals surface area contributed by atoms with Gasteiger partial charge in [-0.1, -0.05) is 5.16 Å². The molecule has 1 heterocycles. The SMILES string of the molecule is CCOC(=O)C(=O)Nc1c(C)noc1N. The Morgan fingerprint density at radius 1 is 1.60 bits per heavy atom. The van der Waals surface area contributed by atoms with Crippen molar-refractivity contribution in [2.45, 2.75) is 13.8 Å². The van der Waals surface area contributed by atoms with Gasteiger partial charge in [-0.15, -0.1) is 0 Å². The number of anilines is 2. The van der Waals surface area contributed by atoms with Gasteiger partial charge in [-0.2, -0.15) is 0 Å². The van der Waals surface area contributed by atoms with Gasteiger partial charge in [0, 0.05) is 0 Å². The molecule has 0 radical (unpaired) electrons. The fourth-order valence-corrected chi connectivity index (χ4v) is 0.900. The Morgan fingerprint density at radius 2 is 2.27 bits per heavy atom. The Morgan fingerprint density at radius 3 is 2.73 bits per heavy atom. The van der Waals surface area contributed by atoms with E-state index >= 15 is 0 Å². The maximum absolute atomic E-state index is 11.2. The van der Waals surface area contributed by atoms with Crippen molar-refractivity contribution < 1.29 is 18.8 Å². The van der Waals surface area contributed by atoms with Crippen molar-refractivity contribution in [1.29, 1.82) is 0 Å². The fraction of sp³-hybridized carbons (Fsp3) is 0.375. The van der Waals surface area contributed by atoms with Crippen LogP contribution in [0.3, 0.4) is 0 Å². The molecule has 0 aliphatic heterocycles. The van der Waals surface area contributed by atoms with E-state index in [0.29, 0.717) is 5.69 Å². The molecule has 0 unspecified atom stereocenters. The second-order valence-corrected chi connectivity index (χ2v) is 2.68. The maximum Gasteiger partial charge on any atom is 0.397 e. The summed E-state index contributed by atoms with van der Waals surface area (Å²) >= 11 is 0. The van der Waals surface area contributed by atoms with Gasteiger partial charge < -0.3 is 20.3 Å². The summed E-state index contributed by atoms with van der Waals surface area (Å²) < 4.78 is 9.09. The van der Waals surface area contributed by atoms with Crippen LogP contribution in [0.1, 0.15) is 12.6 Å². The van der Waals surface area contributed by atoms with Crippen LogP contribution in [0.5, 0.6) is 0 Å². The molecule has 7 heteroatoms. The molecule has 0 saturated heterocycles. The number of aromatic nitrogens is 1. The lowest BCUT2D eigenvalue weighted by Crippen LogP contribution is -2.25. The van der Waals surface area contributed by atoms with Gasteiger partial charge in [-0.25, -0.2) is 4.79 Å². The fourth-order valence-electron chi connectivity index (χ4n) is 0.900. The van der Waals surface area contributed by atoms with Crippen LogP contribution < -0.4 is 11.1 Å². The Hall–Kier alpha value is -2.05. The molecule has 0 aliphatic carbocycles. The first-order valence-corrected chi connectivity index (χ1v) is 4.26. The summed E-state index contributed by atoms with van der Waals surface area (Å²) in [4.78, 5) is 22.2. The molecule has 3 N–H and O–H groups in total. The van der Waals surface area contributed by atoms with E-state index in [0.717, 1.165) is 0 Å². The molecule has 15 heavy (non-hydrogen) atoms.